The van der Waals surface area contributed by atoms with Gasteiger partial charge in [-0.05, 0) is 79.2 Å². The van der Waals surface area contributed by atoms with E-state index < -0.39 is 5.41 Å². The maximum Gasteiger partial charge on any atom is 0.0988 e. The van der Waals surface area contributed by atoms with Gasteiger partial charge in [-0.3, -0.25) is 0 Å². The highest BCUT2D eigenvalue weighted by Crippen LogP contribution is 2.59. The summed E-state index contributed by atoms with van der Waals surface area (Å²) in [5.41, 5.74) is 14.5. The van der Waals surface area contributed by atoms with Crippen LogP contribution in [0.15, 0.2) is 151 Å². The Bertz CT molecular complexity index is 1990. The van der Waals surface area contributed by atoms with E-state index in [1.165, 1.54) is 66.7 Å². The summed E-state index contributed by atoms with van der Waals surface area (Å²) in [6.45, 7) is 0. The molecule has 1 aliphatic rings. The van der Waals surface area contributed by atoms with Crippen molar-refractivity contribution < 1.29 is 0 Å². The normalized spacial score (nSPS) is 13.8. The molecule has 0 bridgehead atoms. The number of hydrogen-bond donors (Lipinski definition) is 1. The molecule has 0 saturated heterocycles. The molecule has 0 aromatic heterocycles. The monoisotopic (exact) mass is 524 g/mol. The molecule has 41 heavy (non-hydrogen) atoms. The second-order valence-corrected chi connectivity index (χ2v) is 10.5. The lowest BCUT2D eigenvalue weighted by molar-refractivity contribution is 0.768. The molecule has 7 rings (SSSR count). The third-order valence-corrected chi connectivity index (χ3v) is 8.48. The van der Waals surface area contributed by atoms with E-state index in [1.807, 2.05) is 6.08 Å². The third-order valence-electron chi connectivity index (χ3n) is 8.48. The van der Waals surface area contributed by atoms with Gasteiger partial charge >= 0.3 is 0 Å². The van der Waals surface area contributed by atoms with Crippen LogP contribution in [0.25, 0.3) is 32.7 Å². The quantitative estimate of drug-likeness (QED) is 0.181. The summed E-state index contributed by atoms with van der Waals surface area (Å²) in [5, 5.41) is 14.6. The van der Waals surface area contributed by atoms with E-state index in [4.69, 9.17) is 5.73 Å². The van der Waals surface area contributed by atoms with Crippen molar-refractivity contribution in [2.24, 2.45) is 5.73 Å². The van der Waals surface area contributed by atoms with Crippen LogP contribution in [0.4, 0.5) is 0 Å². The van der Waals surface area contributed by atoms with Gasteiger partial charge in [0, 0.05) is 5.57 Å². The lowest BCUT2D eigenvalue weighted by Gasteiger charge is -2.34. The van der Waals surface area contributed by atoms with Crippen LogP contribution in [0.1, 0.15) is 27.8 Å². The molecule has 0 saturated carbocycles. The molecule has 0 spiro atoms. The highest BCUT2D eigenvalue weighted by Gasteiger charge is 2.47. The maximum atomic E-state index is 9.68. The number of nitrogens with two attached hydrogens (primary N) is 1. The van der Waals surface area contributed by atoms with Gasteiger partial charge in [-0.1, -0.05) is 133 Å². The predicted molar refractivity (Wildman–Crippen MR) is 169 cm³/mol. The van der Waals surface area contributed by atoms with E-state index in [2.05, 4.69) is 133 Å². The van der Waals surface area contributed by atoms with Crippen LogP contribution in [0.3, 0.4) is 0 Å². The lowest BCUT2D eigenvalue weighted by Crippen LogP contribution is -2.28. The van der Waals surface area contributed by atoms with E-state index in [0.717, 1.165) is 0 Å². The first-order valence-electron chi connectivity index (χ1n) is 13.9. The Morgan fingerprint density at radius 3 is 1.90 bits per heavy atom. The fourth-order valence-corrected chi connectivity index (χ4v) is 6.82. The first-order valence-corrected chi connectivity index (χ1v) is 13.9. The molecule has 6 aromatic carbocycles. The molecule has 0 fully saturated rings. The van der Waals surface area contributed by atoms with Crippen molar-refractivity contribution in [2.45, 2.75) is 11.8 Å². The maximum absolute atomic E-state index is 9.68. The summed E-state index contributed by atoms with van der Waals surface area (Å²) in [6, 6.07) is 48.5. The van der Waals surface area contributed by atoms with Gasteiger partial charge in [-0.15, -0.1) is 0 Å². The van der Waals surface area contributed by atoms with Crippen molar-refractivity contribution in [3.05, 3.63) is 179 Å². The van der Waals surface area contributed by atoms with Gasteiger partial charge in [0.1, 0.15) is 0 Å². The molecule has 2 N–H and O–H groups in total. The zero-order chi connectivity index (χ0) is 27.8. The zero-order valence-electron chi connectivity index (χ0n) is 22.6. The van der Waals surface area contributed by atoms with Crippen LogP contribution in [-0.2, 0) is 11.8 Å². The molecule has 0 heterocycles. The molecule has 2 nitrogen and oxygen atoms in total. The fraction of sp³-hybridized carbons (Fsp3) is 0.0513. The molecular weight excluding hydrogens is 496 g/mol. The topological polar surface area (TPSA) is 49.8 Å². The molecular formula is C39H28N2. The minimum atomic E-state index is -0.505. The summed E-state index contributed by atoms with van der Waals surface area (Å²) in [7, 11) is 0. The highest BCUT2D eigenvalue weighted by molar-refractivity contribution is 6.12. The van der Waals surface area contributed by atoms with Crippen LogP contribution in [0.5, 0.6) is 0 Å². The van der Waals surface area contributed by atoms with Crippen LogP contribution < -0.4 is 5.73 Å². The summed E-state index contributed by atoms with van der Waals surface area (Å²) in [6.07, 6.45) is 5.68. The molecule has 0 radical (unpaired) electrons. The molecule has 0 atom stereocenters. The smallest absolute Gasteiger partial charge is 0.0988 e. The first-order chi connectivity index (χ1) is 20.3. The van der Waals surface area contributed by atoms with Crippen molar-refractivity contribution >= 4 is 21.5 Å². The van der Waals surface area contributed by atoms with Crippen molar-refractivity contribution in [1.29, 1.82) is 5.26 Å². The molecule has 0 aliphatic heterocycles. The van der Waals surface area contributed by atoms with E-state index in [0.29, 0.717) is 12.0 Å². The Hall–Kier alpha value is -5.39. The molecule has 2 heteroatoms. The van der Waals surface area contributed by atoms with Crippen molar-refractivity contribution in [3.63, 3.8) is 0 Å². The zero-order valence-corrected chi connectivity index (χ0v) is 22.6. The van der Waals surface area contributed by atoms with Crippen LogP contribution in [-0.4, -0.2) is 0 Å². The summed E-state index contributed by atoms with van der Waals surface area (Å²) in [4.78, 5) is 0. The number of fused-ring (bicyclic) bond motifs is 7. The predicted octanol–water partition coefficient (Wildman–Crippen LogP) is 8.82. The number of rotatable bonds is 5. The molecule has 0 amide bonds. The van der Waals surface area contributed by atoms with E-state index in [1.54, 1.807) is 6.08 Å². The Labute approximate surface area is 240 Å². The average molecular weight is 525 g/mol. The van der Waals surface area contributed by atoms with Crippen molar-refractivity contribution in [3.8, 4) is 17.2 Å². The Morgan fingerprint density at radius 2 is 1.24 bits per heavy atom. The van der Waals surface area contributed by atoms with E-state index in [-0.39, 0.29) is 0 Å². The van der Waals surface area contributed by atoms with E-state index in [9.17, 15) is 5.26 Å². The number of benzene rings is 6. The number of nitrogens with zero attached hydrogens (tertiary/aromatic N) is 1. The van der Waals surface area contributed by atoms with Crippen LogP contribution >= 0.6 is 0 Å². The number of allylic oxidation sites excluding steroid dienone is 3. The summed E-state index contributed by atoms with van der Waals surface area (Å²) < 4.78 is 0. The van der Waals surface area contributed by atoms with Gasteiger partial charge < -0.3 is 5.73 Å². The second-order valence-electron chi connectivity index (χ2n) is 10.5. The van der Waals surface area contributed by atoms with Gasteiger partial charge in [0.15, 0.2) is 0 Å². The van der Waals surface area contributed by atoms with Gasteiger partial charge in [0.05, 0.1) is 11.5 Å². The van der Waals surface area contributed by atoms with Crippen LogP contribution in [0.2, 0.25) is 0 Å². The Kier molecular flexibility index (Phi) is 5.99. The number of nitriles is 1. The average Bonchev–Trinajstić information content (AvgIpc) is 3.35. The lowest BCUT2D eigenvalue weighted by atomic mass is 9.67. The number of hydrogen-bond acceptors (Lipinski definition) is 2. The van der Waals surface area contributed by atoms with Crippen molar-refractivity contribution in [1.82, 2.24) is 0 Å². The fourth-order valence-electron chi connectivity index (χ4n) is 6.82. The van der Waals surface area contributed by atoms with Gasteiger partial charge in [0.2, 0.25) is 0 Å². The molecule has 1 aliphatic carbocycles. The van der Waals surface area contributed by atoms with Crippen molar-refractivity contribution in [2.75, 3.05) is 0 Å². The molecule has 194 valence electrons. The standard InChI is InChI=1S/C39H28N2/c40-24-23-27(26-41)19-20-29-25-36-38(34-18-10-9-16-32(29)34)37-33-17-8-7-11-28(33)21-22-35(37)39(36,30-12-3-1-4-13-30)31-14-5-2-6-15-31/h1-19,21-25H,20,40H2/b24-23-,27-19+. The Balaban J connectivity index is 1.68. The largest absolute Gasteiger partial charge is 0.405 e. The van der Waals surface area contributed by atoms with Crippen LogP contribution in [0, 0.1) is 11.3 Å². The third kappa shape index (κ3) is 3.71. The molecule has 6 aromatic rings. The van der Waals surface area contributed by atoms with Gasteiger partial charge in [-0.2, -0.15) is 5.26 Å². The van der Waals surface area contributed by atoms with Gasteiger partial charge in [0.25, 0.3) is 0 Å². The SMILES string of the molecule is N#CC(/C=C\N)=C/Cc1cc2c(c3ccccc13)-c1c(ccc3ccccc13)C2(c1ccccc1)c1ccccc1. The Morgan fingerprint density at radius 1 is 0.659 bits per heavy atom. The summed E-state index contributed by atoms with van der Waals surface area (Å²) >= 11 is 0. The second kappa shape index (κ2) is 9.97. The van der Waals surface area contributed by atoms with Gasteiger partial charge in [-0.25, -0.2) is 0 Å². The minimum Gasteiger partial charge on any atom is -0.405 e. The first kappa shape index (κ1) is 24.6. The highest BCUT2D eigenvalue weighted by atomic mass is 14.5. The van der Waals surface area contributed by atoms with E-state index >= 15 is 0 Å². The molecule has 0 unspecified atom stereocenters. The summed E-state index contributed by atoms with van der Waals surface area (Å²) in [5.74, 6) is 0. The minimum absolute atomic E-state index is 0.505.